The molecule has 0 amide bonds. The van der Waals surface area contributed by atoms with Crippen molar-refractivity contribution in [3.8, 4) is 0 Å². The van der Waals surface area contributed by atoms with Crippen LogP contribution in [0.1, 0.15) is 22.8 Å². The van der Waals surface area contributed by atoms with E-state index in [9.17, 15) is 9.18 Å². The molecular weight excluding hydrogens is 274 g/mol. The van der Waals surface area contributed by atoms with Crippen LogP contribution in [0.5, 0.6) is 0 Å². The first kappa shape index (κ1) is 11.5. The van der Waals surface area contributed by atoms with E-state index in [1.807, 2.05) is 0 Å². The maximum Gasteiger partial charge on any atom is 0.337 e. The predicted octanol–water partition coefficient (Wildman–Crippen LogP) is 3.50. The van der Waals surface area contributed by atoms with Crippen LogP contribution < -0.4 is 0 Å². The molecular formula is C9H7BrClFO2. The number of carboxylic acid groups (broad SMARTS) is 1. The molecule has 0 unspecified atom stereocenters. The molecule has 0 bridgehead atoms. The summed E-state index contributed by atoms with van der Waals surface area (Å²) in [4.78, 5) is 10.7. The number of benzene rings is 1. The van der Waals surface area contributed by atoms with Gasteiger partial charge in [0.2, 0.25) is 0 Å². The molecule has 0 saturated heterocycles. The summed E-state index contributed by atoms with van der Waals surface area (Å²) in [6, 6.07) is 0.911. The lowest BCUT2D eigenvalue weighted by atomic mass is 10.1. The smallest absolute Gasteiger partial charge is 0.337 e. The fourth-order valence-corrected chi connectivity index (χ4v) is 2.19. The number of hydrogen-bond donors (Lipinski definition) is 1. The molecule has 0 spiro atoms. The maximum absolute atomic E-state index is 13.2. The van der Waals surface area contributed by atoms with Crippen LogP contribution in [0.2, 0.25) is 5.02 Å². The standard InChI is InChI=1S/C9H7BrClFO2/c1-2-4-7(10)6(12)3-5(8(4)11)9(13)14/h3H,2H2,1H3,(H,13,14). The Morgan fingerprint density at radius 3 is 2.71 bits per heavy atom. The van der Waals surface area contributed by atoms with Crippen molar-refractivity contribution in [2.45, 2.75) is 13.3 Å². The highest BCUT2D eigenvalue weighted by molar-refractivity contribution is 9.10. The fraction of sp³-hybridized carbons (Fsp3) is 0.222. The minimum atomic E-state index is -1.23. The van der Waals surface area contributed by atoms with Gasteiger partial charge in [0.05, 0.1) is 15.1 Å². The molecule has 1 N–H and O–H groups in total. The molecule has 76 valence electrons. The van der Waals surface area contributed by atoms with Crippen LogP contribution >= 0.6 is 27.5 Å². The molecule has 0 heterocycles. The van der Waals surface area contributed by atoms with E-state index in [0.29, 0.717) is 12.0 Å². The summed E-state index contributed by atoms with van der Waals surface area (Å²) in [5, 5.41) is 8.83. The van der Waals surface area contributed by atoms with Crippen LogP contribution in [0.15, 0.2) is 10.5 Å². The molecule has 1 rings (SSSR count). The Bertz CT molecular complexity index is 393. The number of carbonyl (C=O) groups is 1. The number of carboxylic acids is 1. The van der Waals surface area contributed by atoms with Gasteiger partial charge < -0.3 is 5.11 Å². The van der Waals surface area contributed by atoms with Crippen molar-refractivity contribution in [3.05, 3.63) is 32.5 Å². The third kappa shape index (κ3) is 1.91. The highest BCUT2D eigenvalue weighted by Crippen LogP contribution is 2.31. The Hall–Kier alpha value is -0.610. The number of rotatable bonds is 2. The van der Waals surface area contributed by atoms with Crippen LogP contribution in [0.3, 0.4) is 0 Å². The monoisotopic (exact) mass is 280 g/mol. The highest BCUT2D eigenvalue weighted by Gasteiger charge is 2.17. The van der Waals surface area contributed by atoms with Gasteiger partial charge in [-0.15, -0.1) is 0 Å². The maximum atomic E-state index is 13.2. The normalized spacial score (nSPS) is 10.3. The summed E-state index contributed by atoms with van der Waals surface area (Å²) in [5.41, 5.74) is 0.272. The van der Waals surface area contributed by atoms with Crippen LogP contribution in [0.25, 0.3) is 0 Å². The van der Waals surface area contributed by atoms with Gasteiger partial charge >= 0.3 is 5.97 Å². The number of aromatic carboxylic acids is 1. The van der Waals surface area contributed by atoms with Gasteiger partial charge in [0.1, 0.15) is 5.82 Å². The Morgan fingerprint density at radius 2 is 2.29 bits per heavy atom. The summed E-state index contributed by atoms with van der Waals surface area (Å²) in [5.74, 6) is -1.83. The predicted molar refractivity (Wildman–Crippen MR) is 55.4 cm³/mol. The molecule has 0 aliphatic carbocycles. The quantitative estimate of drug-likeness (QED) is 0.842. The van der Waals surface area contributed by atoms with E-state index >= 15 is 0 Å². The van der Waals surface area contributed by atoms with Gasteiger partial charge in [0.15, 0.2) is 0 Å². The molecule has 0 saturated carbocycles. The van der Waals surface area contributed by atoms with Crippen molar-refractivity contribution in [1.29, 1.82) is 0 Å². The van der Waals surface area contributed by atoms with Crippen LogP contribution in [-0.2, 0) is 6.42 Å². The third-order valence-electron chi connectivity index (χ3n) is 1.83. The number of halogens is 3. The van der Waals surface area contributed by atoms with E-state index in [4.69, 9.17) is 16.7 Å². The molecule has 0 atom stereocenters. The first-order valence-corrected chi connectivity index (χ1v) is 5.05. The zero-order valence-corrected chi connectivity index (χ0v) is 9.62. The van der Waals surface area contributed by atoms with E-state index in [1.54, 1.807) is 6.92 Å². The second kappa shape index (κ2) is 4.28. The van der Waals surface area contributed by atoms with Crippen molar-refractivity contribution in [2.24, 2.45) is 0 Å². The average Bonchev–Trinajstić information content (AvgIpc) is 2.12. The second-order valence-corrected chi connectivity index (χ2v) is 3.84. The van der Waals surface area contributed by atoms with Crippen LogP contribution in [-0.4, -0.2) is 11.1 Å². The first-order chi connectivity index (χ1) is 6.49. The van der Waals surface area contributed by atoms with Gasteiger partial charge in [-0.1, -0.05) is 18.5 Å². The Labute approximate surface area is 93.8 Å². The van der Waals surface area contributed by atoms with E-state index in [2.05, 4.69) is 15.9 Å². The van der Waals surface area contributed by atoms with Gasteiger partial charge in [-0.2, -0.15) is 0 Å². The fourth-order valence-electron chi connectivity index (χ4n) is 1.12. The summed E-state index contributed by atoms with van der Waals surface area (Å²) in [6.07, 6.45) is 0.470. The van der Waals surface area contributed by atoms with Crippen LogP contribution in [0.4, 0.5) is 4.39 Å². The molecule has 2 nitrogen and oxygen atoms in total. The summed E-state index contributed by atoms with van der Waals surface area (Å²) >= 11 is 8.83. The lowest BCUT2D eigenvalue weighted by Crippen LogP contribution is -2.02. The van der Waals surface area contributed by atoms with Gasteiger partial charge in [-0.3, -0.25) is 0 Å². The van der Waals surface area contributed by atoms with Gasteiger partial charge in [0, 0.05) is 0 Å². The van der Waals surface area contributed by atoms with Gasteiger partial charge in [0.25, 0.3) is 0 Å². The van der Waals surface area contributed by atoms with E-state index in [-0.39, 0.29) is 15.1 Å². The molecule has 0 aromatic heterocycles. The lowest BCUT2D eigenvalue weighted by Gasteiger charge is -2.08. The topological polar surface area (TPSA) is 37.3 Å². The number of hydrogen-bond acceptors (Lipinski definition) is 1. The second-order valence-electron chi connectivity index (χ2n) is 2.67. The lowest BCUT2D eigenvalue weighted by molar-refractivity contribution is 0.0696. The van der Waals surface area contributed by atoms with Crippen molar-refractivity contribution in [2.75, 3.05) is 0 Å². The molecule has 0 aliphatic rings. The van der Waals surface area contributed by atoms with Crippen LogP contribution in [0, 0.1) is 5.82 Å². The zero-order chi connectivity index (χ0) is 10.9. The molecule has 0 radical (unpaired) electrons. The largest absolute Gasteiger partial charge is 0.478 e. The molecule has 5 heteroatoms. The summed E-state index contributed by atoms with van der Waals surface area (Å²) in [6.45, 7) is 1.77. The average molecular weight is 282 g/mol. The summed E-state index contributed by atoms with van der Waals surface area (Å²) in [7, 11) is 0. The van der Waals surface area contributed by atoms with Crippen molar-refractivity contribution < 1.29 is 14.3 Å². The highest BCUT2D eigenvalue weighted by atomic mass is 79.9. The van der Waals surface area contributed by atoms with Crippen molar-refractivity contribution in [1.82, 2.24) is 0 Å². The SMILES string of the molecule is CCc1c(Cl)c(C(=O)O)cc(F)c1Br. The van der Waals surface area contributed by atoms with Gasteiger partial charge in [-0.25, -0.2) is 9.18 Å². The van der Waals surface area contributed by atoms with Gasteiger partial charge in [-0.05, 0) is 34.0 Å². The Kier molecular flexibility index (Phi) is 3.50. The minimum absolute atomic E-state index is 0.0910. The Balaban J connectivity index is 3.50. The summed E-state index contributed by atoms with van der Waals surface area (Å²) < 4.78 is 13.4. The molecule has 0 fully saturated rings. The molecule has 1 aromatic carbocycles. The molecule has 14 heavy (non-hydrogen) atoms. The van der Waals surface area contributed by atoms with E-state index < -0.39 is 11.8 Å². The zero-order valence-electron chi connectivity index (χ0n) is 7.27. The minimum Gasteiger partial charge on any atom is -0.478 e. The van der Waals surface area contributed by atoms with Crippen molar-refractivity contribution >= 4 is 33.5 Å². The molecule has 0 aliphatic heterocycles. The van der Waals surface area contributed by atoms with Crippen molar-refractivity contribution in [3.63, 3.8) is 0 Å². The molecule has 1 aromatic rings. The third-order valence-corrected chi connectivity index (χ3v) is 3.12. The van der Waals surface area contributed by atoms with E-state index in [1.165, 1.54) is 0 Å². The first-order valence-electron chi connectivity index (χ1n) is 3.88. The Morgan fingerprint density at radius 1 is 1.71 bits per heavy atom. The van der Waals surface area contributed by atoms with E-state index in [0.717, 1.165) is 6.07 Å².